The summed E-state index contributed by atoms with van der Waals surface area (Å²) in [6.45, 7) is 2.09. The lowest BCUT2D eigenvalue weighted by Gasteiger charge is -2.19. The fraction of sp³-hybridized carbons (Fsp3) is 0.412. The van der Waals surface area contributed by atoms with Crippen LogP contribution in [-0.4, -0.2) is 43.1 Å². The Labute approximate surface area is 130 Å². The predicted molar refractivity (Wildman–Crippen MR) is 83.4 cm³/mol. The third kappa shape index (κ3) is 4.62. The number of rotatable bonds is 7. The van der Waals surface area contributed by atoms with Crippen LogP contribution in [-0.2, 0) is 14.3 Å². The van der Waals surface area contributed by atoms with Crippen LogP contribution < -0.4 is 4.74 Å². The third-order valence-corrected chi connectivity index (χ3v) is 3.39. The number of benzene rings is 1. The van der Waals surface area contributed by atoms with Crippen LogP contribution in [0.4, 0.5) is 0 Å². The molecule has 0 unspecified atom stereocenters. The summed E-state index contributed by atoms with van der Waals surface area (Å²) in [5.74, 6) is 0.205. The molecule has 0 N–H and O–H groups in total. The van der Waals surface area contributed by atoms with Crippen molar-refractivity contribution in [2.45, 2.75) is 25.8 Å². The molecule has 1 amide bonds. The molecule has 1 saturated carbocycles. The highest BCUT2D eigenvalue weighted by atomic mass is 16.5. The lowest BCUT2D eigenvalue weighted by Crippen LogP contribution is -2.37. The maximum absolute atomic E-state index is 12.3. The molecule has 0 saturated heterocycles. The SMILES string of the molecule is CCOC(=O)CN(C(=O)/C=C/c1cccc(OC)c1)C1CC1. The second-order valence-electron chi connectivity index (χ2n) is 5.11. The summed E-state index contributed by atoms with van der Waals surface area (Å²) < 4.78 is 10.1. The molecule has 5 nitrogen and oxygen atoms in total. The Morgan fingerprint density at radius 1 is 1.36 bits per heavy atom. The van der Waals surface area contributed by atoms with Crippen molar-refractivity contribution < 1.29 is 19.1 Å². The minimum atomic E-state index is -0.363. The van der Waals surface area contributed by atoms with Crippen molar-refractivity contribution in [2.24, 2.45) is 0 Å². The molecule has 5 heteroatoms. The lowest BCUT2D eigenvalue weighted by atomic mass is 10.2. The molecule has 0 spiro atoms. The van der Waals surface area contributed by atoms with Gasteiger partial charge in [-0.05, 0) is 43.5 Å². The van der Waals surface area contributed by atoms with E-state index in [1.807, 2.05) is 24.3 Å². The summed E-state index contributed by atoms with van der Waals surface area (Å²) in [6.07, 6.45) is 5.11. The van der Waals surface area contributed by atoms with E-state index < -0.39 is 0 Å². The van der Waals surface area contributed by atoms with Gasteiger partial charge in [-0.1, -0.05) is 12.1 Å². The van der Waals surface area contributed by atoms with Crippen LogP contribution in [0.1, 0.15) is 25.3 Å². The molecular formula is C17H21NO4. The number of hydrogen-bond acceptors (Lipinski definition) is 4. The summed E-state index contributed by atoms with van der Waals surface area (Å²) in [5, 5.41) is 0. The fourth-order valence-corrected chi connectivity index (χ4v) is 2.13. The molecule has 0 bridgehead atoms. The highest BCUT2D eigenvalue weighted by molar-refractivity contribution is 5.94. The van der Waals surface area contributed by atoms with Gasteiger partial charge in [-0.15, -0.1) is 0 Å². The van der Waals surface area contributed by atoms with Gasteiger partial charge in [-0.2, -0.15) is 0 Å². The Bertz CT molecular complexity index is 564. The van der Waals surface area contributed by atoms with Gasteiger partial charge in [-0.25, -0.2) is 0 Å². The smallest absolute Gasteiger partial charge is 0.325 e. The van der Waals surface area contributed by atoms with Crippen LogP contribution >= 0.6 is 0 Å². The molecule has 1 aliphatic carbocycles. The van der Waals surface area contributed by atoms with Gasteiger partial charge >= 0.3 is 5.97 Å². The maximum atomic E-state index is 12.3. The van der Waals surface area contributed by atoms with Crippen molar-refractivity contribution in [1.82, 2.24) is 4.90 Å². The largest absolute Gasteiger partial charge is 0.497 e. The van der Waals surface area contributed by atoms with E-state index in [9.17, 15) is 9.59 Å². The Kier molecular flexibility index (Phi) is 5.58. The molecule has 0 radical (unpaired) electrons. The third-order valence-electron chi connectivity index (χ3n) is 3.39. The lowest BCUT2D eigenvalue weighted by molar-refractivity contribution is -0.148. The van der Waals surface area contributed by atoms with Gasteiger partial charge in [0.1, 0.15) is 12.3 Å². The van der Waals surface area contributed by atoms with Crippen molar-refractivity contribution in [3.63, 3.8) is 0 Å². The molecular weight excluding hydrogens is 282 g/mol. The molecule has 0 heterocycles. The molecule has 118 valence electrons. The average Bonchev–Trinajstić information content (AvgIpc) is 3.35. The Balaban J connectivity index is 2.01. The zero-order chi connectivity index (χ0) is 15.9. The van der Waals surface area contributed by atoms with Crippen LogP contribution in [0, 0.1) is 0 Å². The number of hydrogen-bond donors (Lipinski definition) is 0. The highest BCUT2D eigenvalue weighted by Gasteiger charge is 2.33. The zero-order valence-electron chi connectivity index (χ0n) is 13.0. The Hall–Kier alpha value is -2.30. The van der Waals surface area contributed by atoms with E-state index in [0.717, 1.165) is 24.2 Å². The predicted octanol–water partition coefficient (Wildman–Crippen LogP) is 2.26. The number of ether oxygens (including phenoxy) is 2. The molecule has 1 aliphatic rings. The number of carbonyl (C=O) groups excluding carboxylic acids is 2. The summed E-state index contributed by atoms with van der Waals surface area (Å²) in [5.41, 5.74) is 0.875. The number of nitrogens with zero attached hydrogens (tertiary/aromatic N) is 1. The second-order valence-corrected chi connectivity index (χ2v) is 5.11. The molecule has 1 aromatic rings. The Morgan fingerprint density at radius 3 is 2.77 bits per heavy atom. The summed E-state index contributed by atoms with van der Waals surface area (Å²) >= 11 is 0. The summed E-state index contributed by atoms with van der Waals surface area (Å²) in [4.78, 5) is 25.5. The Morgan fingerprint density at radius 2 is 2.14 bits per heavy atom. The minimum absolute atomic E-state index is 0.0137. The number of esters is 1. The van der Waals surface area contributed by atoms with Crippen LogP contribution in [0.3, 0.4) is 0 Å². The van der Waals surface area contributed by atoms with Crippen molar-refractivity contribution >= 4 is 18.0 Å². The van der Waals surface area contributed by atoms with E-state index >= 15 is 0 Å². The van der Waals surface area contributed by atoms with Gasteiger partial charge < -0.3 is 14.4 Å². The molecule has 2 rings (SSSR count). The molecule has 0 aliphatic heterocycles. The van der Waals surface area contributed by atoms with Crippen molar-refractivity contribution in [1.29, 1.82) is 0 Å². The highest BCUT2D eigenvalue weighted by Crippen LogP contribution is 2.27. The first-order valence-electron chi connectivity index (χ1n) is 7.42. The minimum Gasteiger partial charge on any atom is -0.497 e. The molecule has 1 fully saturated rings. The summed E-state index contributed by atoms with van der Waals surface area (Å²) in [7, 11) is 1.60. The van der Waals surface area contributed by atoms with E-state index in [1.165, 1.54) is 6.08 Å². The first-order chi connectivity index (χ1) is 10.6. The molecule has 0 aromatic heterocycles. The van der Waals surface area contributed by atoms with E-state index in [1.54, 1.807) is 25.0 Å². The average molecular weight is 303 g/mol. The van der Waals surface area contributed by atoms with Crippen LogP contribution in [0.5, 0.6) is 5.75 Å². The molecule has 22 heavy (non-hydrogen) atoms. The molecule has 0 atom stereocenters. The van der Waals surface area contributed by atoms with E-state index in [4.69, 9.17) is 9.47 Å². The first kappa shape index (κ1) is 16.1. The number of carbonyl (C=O) groups is 2. The quantitative estimate of drug-likeness (QED) is 0.573. The van der Waals surface area contributed by atoms with Gasteiger partial charge in [0, 0.05) is 12.1 Å². The van der Waals surface area contributed by atoms with E-state index in [0.29, 0.717) is 6.61 Å². The normalized spacial score (nSPS) is 13.9. The van der Waals surface area contributed by atoms with Gasteiger partial charge in [0.25, 0.3) is 0 Å². The van der Waals surface area contributed by atoms with Crippen molar-refractivity contribution in [3.8, 4) is 5.75 Å². The fourth-order valence-electron chi connectivity index (χ4n) is 2.13. The van der Waals surface area contributed by atoms with Gasteiger partial charge in [0.05, 0.1) is 13.7 Å². The van der Waals surface area contributed by atoms with E-state index in [-0.39, 0.29) is 24.5 Å². The standard InChI is InChI=1S/C17H21NO4/c1-3-22-17(20)12-18(14-8-9-14)16(19)10-7-13-5-4-6-15(11-13)21-2/h4-7,10-11,14H,3,8-9,12H2,1-2H3/b10-7+. The summed E-state index contributed by atoms with van der Waals surface area (Å²) in [6, 6.07) is 7.60. The van der Waals surface area contributed by atoms with Crippen molar-refractivity contribution in [2.75, 3.05) is 20.3 Å². The zero-order valence-corrected chi connectivity index (χ0v) is 13.0. The van der Waals surface area contributed by atoms with Crippen LogP contribution in [0.15, 0.2) is 30.3 Å². The van der Waals surface area contributed by atoms with Gasteiger partial charge in [0.15, 0.2) is 0 Å². The van der Waals surface area contributed by atoms with Gasteiger partial charge in [0.2, 0.25) is 5.91 Å². The van der Waals surface area contributed by atoms with E-state index in [2.05, 4.69) is 0 Å². The first-order valence-corrected chi connectivity index (χ1v) is 7.42. The monoisotopic (exact) mass is 303 g/mol. The maximum Gasteiger partial charge on any atom is 0.325 e. The van der Waals surface area contributed by atoms with Crippen LogP contribution in [0.2, 0.25) is 0 Å². The molecule has 1 aromatic carbocycles. The topological polar surface area (TPSA) is 55.8 Å². The second kappa shape index (κ2) is 7.64. The number of methoxy groups -OCH3 is 1. The number of amides is 1. The van der Waals surface area contributed by atoms with Gasteiger partial charge in [-0.3, -0.25) is 9.59 Å². The van der Waals surface area contributed by atoms with Crippen LogP contribution in [0.25, 0.3) is 6.08 Å². The van der Waals surface area contributed by atoms with Crippen molar-refractivity contribution in [3.05, 3.63) is 35.9 Å².